The van der Waals surface area contributed by atoms with Crippen molar-refractivity contribution in [1.82, 2.24) is 9.55 Å². The van der Waals surface area contributed by atoms with Gasteiger partial charge in [0.25, 0.3) is 5.56 Å². The lowest BCUT2D eigenvalue weighted by atomic mass is 9.96. The highest BCUT2D eigenvalue weighted by atomic mass is 16.5. The third kappa shape index (κ3) is 4.06. The maximum atomic E-state index is 12.4. The van der Waals surface area contributed by atoms with E-state index in [4.69, 9.17) is 4.74 Å². The number of aryl methyl sites for hydroxylation is 2. The van der Waals surface area contributed by atoms with E-state index in [1.807, 2.05) is 32.9 Å². The van der Waals surface area contributed by atoms with Crippen molar-refractivity contribution in [2.45, 2.75) is 33.9 Å². The monoisotopic (exact) mass is 340 g/mol. The fourth-order valence-electron chi connectivity index (χ4n) is 2.92. The van der Waals surface area contributed by atoms with E-state index < -0.39 is 5.69 Å². The van der Waals surface area contributed by atoms with Crippen LogP contribution in [0.25, 0.3) is 5.57 Å². The summed E-state index contributed by atoms with van der Waals surface area (Å²) in [4.78, 5) is 27.0. The molecule has 1 aromatic carbocycles. The van der Waals surface area contributed by atoms with E-state index in [2.05, 4.69) is 24.2 Å². The van der Waals surface area contributed by atoms with Crippen LogP contribution in [0.4, 0.5) is 0 Å². The Hall–Kier alpha value is -2.66. The van der Waals surface area contributed by atoms with Crippen molar-refractivity contribution >= 4 is 5.57 Å². The van der Waals surface area contributed by atoms with Crippen molar-refractivity contribution in [2.24, 2.45) is 0 Å². The van der Waals surface area contributed by atoms with E-state index in [1.165, 1.54) is 4.57 Å². The predicted octanol–water partition coefficient (Wildman–Crippen LogP) is 2.94. The van der Waals surface area contributed by atoms with Gasteiger partial charge in [0.05, 0.1) is 12.3 Å². The molecule has 0 aliphatic rings. The summed E-state index contributed by atoms with van der Waals surface area (Å²) in [6, 6.07) is 6.06. The number of ether oxygens (including phenoxy) is 1. The molecule has 1 heterocycles. The molecule has 0 aliphatic heterocycles. The number of nitrogens with zero attached hydrogens (tertiary/aromatic N) is 1. The van der Waals surface area contributed by atoms with Crippen molar-refractivity contribution in [3.63, 3.8) is 0 Å². The molecule has 25 heavy (non-hydrogen) atoms. The van der Waals surface area contributed by atoms with Gasteiger partial charge in [-0.2, -0.15) is 0 Å². The molecule has 0 spiro atoms. The van der Waals surface area contributed by atoms with E-state index >= 15 is 0 Å². The highest BCUT2D eigenvalue weighted by Crippen LogP contribution is 2.24. The summed E-state index contributed by atoms with van der Waals surface area (Å²) in [7, 11) is 0. The number of benzene rings is 1. The fraction of sp³-hybridized carbons (Fsp3) is 0.300. The molecule has 132 valence electrons. The first kappa shape index (κ1) is 18.7. The van der Waals surface area contributed by atoms with Crippen molar-refractivity contribution < 1.29 is 4.74 Å². The molecule has 2 rings (SSSR count). The van der Waals surface area contributed by atoms with Crippen LogP contribution in [0.5, 0.6) is 0 Å². The van der Waals surface area contributed by atoms with Crippen molar-refractivity contribution in [3.8, 4) is 0 Å². The molecule has 0 bridgehead atoms. The molecular formula is C20H24N2O3. The zero-order valence-electron chi connectivity index (χ0n) is 15.0. The van der Waals surface area contributed by atoms with Crippen LogP contribution in [0.1, 0.15) is 34.9 Å². The van der Waals surface area contributed by atoms with E-state index in [0.29, 0.717) is 29.9 Å². The molecule has 0 saturated carbocycles. The molecule has 5 heteroatoms. The molecule has 1 N–H and O–H groups in total. The molecule has 0 atom stereocenters. The zero-order valence-corrected chi connectivity index (χ0v) is 15.0. The maximum absolute atomic E-state index is 12.4. The first-order valence-corrected chi connectivity index (χ1v) is 8.21. The summed E-state index contributed by atoms with van der Waals surface area (Å²) in [5.74, 6) is 0. The van der Waals surface area contributed by atoms with E-state index in [0.717, 1.165) is 16.7 Å². The third-order valence-electron chi connectivity index (χ3n) is 3.96. The first-order valence-electron chi connectivity index (χ1n) is 8.21. The Morgan fingerprint density at radius 2 is 1.88 bits per heavy atom. The van der Waals surface area contributed by atoms with Crippen LogP contribution < -0.4 is 11.2 Å². The Morgan fingerprint density at radius 1 is 1.24 bits per heavy atom. The molecule has 0 fully saturated rings. The topological polar surface area (TPSA) is 64.1 Å². The van der Waals surface area contributed by atoms with Crippen molar-refractivity contribution in [3.05, 3.63) is 86.2 Å². The zero-order chi connectivity index (χ0) is 18.6. The normalized spacial score (nSPS) is 10.7. The minimum absolute atomic E-state index is 0.0216. The fourth-order valence-corrected chi connectivity index (χ4v) is 2.92. The molecule has 5 nitrogen and oxygen atoms in total. The second-order valence-electron chi connectivity index (χ2n) is 6.01. The molecular weight excluding hydrogens is 316 g/mol. The van der Waals surface area contributed by atoms with Gasteiger partial charge in [0.2, 0.25) is 0 Å². The van der Waals surface area contributed by atoms with Gasteiger partial charge in [-0.15, -0.1) is 6.58 Å². The number of hydrogen-bond acceptors (Lipinski definition) is 3. The molecule has 0 aliphatic carbocycles. The van der Waals surface area contributed by atoms with Crippen molar-refractivity contribution in [2.75, 3.05) is 6.61 Å². The average Bonchev–Trinajstić information content (AvgIpc) is 2.55. The SMILES string of the molecule is C=CCOCn1c(C(=C)c2cc(C)cc(C)c2)c(CC)c(=O)[nH]c1=O. The Morgan fingerprint density at radius 3 is 2.44 bits per heavy atom. The number of nitrogens with one attached hydrogen (secondary N) is 1. The second kappa shape index (κ2) is 7.94. The standard InChI is InChI=1S/C20H24N2O3/c1-6-8-25-12-22-18(17(7-2)19(23)21-20(22)24)15(5)16-10-13(3)9-14(4)11-16/h6,9-11H,1,5,7-8,12H2,2-4H3,(H,21,23,24). The summed E-state index contributed by atoms with van der Waals surface area (Å²) in [5, 5.41) is 0. The van der Waals surface area contributed by atoms with Gasteiger partial charge in [0.15, 0.2) is 0 Å². The Balaban J connectivity index is 2.67. The number of aromatic amines is 1. The van der Waals surface area contributed by atoms with Gasteiger partial charge in [-0.3, -0.25) is 14.3 Å². The van der Waals surface area contributed by atoms with Crippen LogP contribution >= 0.6 is 0 Å². The molecule has 2 aromatic rings. The lowest BCUT2D eigenvalue weighted by Crippen LogP contribution is -2.35. The largest absolute Gasteiger partial charge is 0.357 e. The van der Waals surface area contributed by atoms with E-state index in [1.54, 1.807) is 6.08 Å². The van der Waals surface area contributed by atoms with Crippen LogP contribution in [0, 0.1) is 13.8 Å². The summed E-state index contributed by atoms with van der Waals surface area (Å²) >= 11 is 0. The predicted molar refractivity (Wildman–Crippen MR) is 101 cm³/mol. The molecule has 0 radical (unpaired) electrons. The highest BCUT2D eigenvalue weighted by molar-refractivity contribution is 5.78. The smallest absolute Gasteiger partial charge is 0.330 e. The van der Waals surface area contributed by atoms with Gasteiger partial charge in [-0.05, 0) is 31.4 Å². The molecule has 0 saturated heterocycles. The summed E-state index contributed by atoms with van der Waals surface area (Å²) in [6.07, 6.45) is 2.09. The highest BCUT2D eigenvalue weighted by Gasteiger charge is 2.18. The van der Waals surface area contributed by atoms with Gasteiger partial charge < -0.3 is 4.74 Å². The molecule has 1 aromatic heterocycles. The Labute approximate surface area is 147 Å². The van der Waals surface area contributed by atoms with Gasteiger partial charge in [0, 0.05) is 5.56 Å². The van der Waals surface area contributed by atoms with Gasteiger partial charge >= 0.3 is 5.69 Å². The Kier molecular flexibility index (Phi) is 5.93. The summed E-state index contributed by atoms with van der Waals surface area (Å²) < 4.78 is 6.87. The second-order valence-corrected chi connectivity index (χ2v) is 6.01. The summed E-state index contributed by atoms with van der Waals surface area (Å²) in [6.45, 7) is 14.0. The van der Waals surface area contributed by atoms with Crippen LogP contribution in [0.3, 0.4) is 0 Å². The maximum Gasteiger partial charge on any atom is 0.330 e. The first-order chi connectivity index (χ1) is 11.9. The quantitative estimate of drug-likeness (QED) is 0.622. The molecule has 0 amide bonds. The minimum atomic E-state index is -0.508. The van der Waals surface area contributed by atoms with E-state index in [9.17, 15) is 9.59 Å². The average molecular weight is 340 g/mol. The van der Waals surface area contributed by atoms with Crippen LogP contribution in [-0.2, 0) is 17.9 Å². The number of hydrogen-bond donors (Lipinski definition) is 1. The lowest BCUT2D eigenvalue weighted by molar-refractivity contribution is 0.0957. The van der Waals surface area contributed by atoms with Crippen LogP contribution in [0.15, 0.2) is 47.0 Å². The lowest BCUT2D eigenvalue weighted by Gasteiger charge is -2.18. The number of H-pyrrole nitrogens is 1. The number of aromatic nitrogens is 2. The Bertz CT molecular complexity index is 899. The van der Waals surface area contributed by atoms with Gasteiger partial charge in [-0.1, -0.05) is 48.9 Å². The van der Waals surface area contributed by atoms with Gasteiger partial charge in [0.1, 0.15) is 6.73 Å². The summed E-state index contributed by atoms with van der Waals surface area (Å²) in [5.41, 5.74) is 3.85. The van der Waals surface area contributed by atoms with Crippen LogP contribution in [-0.4, -0.2) is 16.2 Å². The van der Waals surface area contributed by atoms with Crippen LogP contribution in [0.2, 0.25) is 0 Å². The number of rotatable bonds is 7. The molecule has 0 unspecified atom stereocenters. The van der Waals surface area contributed by atoms with E-state index in [-0.39, 0.29) is 12.3 Å². The van der Waals surface area contributed by atoms with Gasteiger partial charge in [-0.25, -0.2) is 4.79 Å². The third-order valence-corrected chi connectivity index (χ3v) is 3.96. The minimum Gasteiger partial charge on any atom is -0.357 e. The van der Waals surface area contributed by atoms with Crippen molar-refractivity contribution in [1.29, 1.82) is 0 Å².